The molecule has 210 valence electrons. The Hall–Kier alpha value is -4.46. The molecule has 1 aliphatic heterocycles. The number of esters is 1. The lowest BCUT2D eigenvalue weighted by Gasteiger charge is -2.24. The molecule has 8 heteroatoms. The molecule has 0 spiro atoms. The molecule has 1 aliphatic rings. The maximum atomic E-state index is 13.8. The van der Waals surface area contributed by atoms with Crippen LogP contribution >= 0.6 is 22.9 Å². The van der Waals surface area contributed by atoms with Gasteiger partial charge in [-0.15, -0.1) is 0 Å². The molecule has 0 N–H and O–H groups in total. The van der Waals surface area contributed by atoms with Crippen LogP contribution in [0.25, 0.3) is 16.8 Å². The average molecular weight is 595 g/mol. The summed E-state index contributed by atoms with van der Waals surface area (Å²) in [6.45, 7) is 4.19. The monoisotopic (exact) mass is 594 g/mol. The SMILES string of the molecule is CCOC(=O)C1=C(C)N=c2s/c(=C/c3ccc(OCc4cccc5ccccc45)cc3)c(=O)n2[C@H]1c1ccc(Cl)cc1. The van der Waals surface area contributed by atoms with Crippen LogP contribution < -0.4 is 19.6 Å². The van der Waals surface area contributed by atoms with Gasteiger partial charge in [0.1, 0.15) is 12.4 Å². The predicted octanol–water partition coefficient (Wildman–Crippen LogP) is 6.18. The van der Waals surface area contributed by atoms with E-state index in [0.717, 1.165) is 22.4 Å². The maximum absolute atomic E-state index is 13.8. The van der Waals surface area contributed by atoms with Crippen molar-refractivity contribution in [2.75, 3.05) is 6.61 Å². The van der Waals surface area contributed by atoms with Crippen LogP contribution in [0.15, 0.2) is 112 Å². The fourth-order valence-electron chi connectivity index (χ4n) is 5.14. The first-order valence-electron chi connectivity index (χ1n) is 13.6. The van der Waals surface area contributed by atoms with Crippen molar-refractivity contribution < 1.29 is 14.3 Å². The molecule has 6 nitrogen and oxygen atoms in total. The van der Waals surface area contributed by atoms with Crippen molar-refractivity contribution in [3.8, 4) is 5.75 Å². The molecule has 0 unspecified atom stereocenters. The van der Waals surface area contributed by atoms with E-state index in [1.807, 2.05) is 60.7 Å². The number of carbonyl (C=O) groups excluding carboxylic acids is 1. The van der Waals surface area contributed by atoms with Crippen LogP contribution in [0.1, 0.15) is 36.6 Å². The minimum atomic E-state index is -0.676. The molecular formula is C34H27ClN2O4S. The number of hydrogen-bond donors (Lipinski definition) is 0. The maximum Gasteiger partial charge on any atom is 0.338 e. The summed E-state index contributed by atoms with van der Waals surface area (Å²) >= 11 is 7.42. The van der Waals surface area contributed by atoms with E-state index < -0.39 is 12.0 Å². The summed E-state index contributed by atoms with van der Waals surface area (Å²) in [7, 11) is 0. The summed E-state index contributed by atoms with van der Waals surface area (Å²) < 4.78 is 13.5. The molecule has 1 aromatic heterocycles. The summed E-state index contributed by atoms with van der Waals surface area (Å²) in [5, 5.41) is 2.91. The number of rotatable bonds is 7. The number of nitrogens with zero attached hydrogens (tertiary/aromatic N) is 2. The molecule has 0 saturated heterocycles. The number of allylic oxidation sites excluding steroid dienone is 1. The Morgan fingerprint density at radius 2 is 1.74 bits per heavy atom. The quantitative estimate of drug-likeness (QED) is 0.211. The Balaban J connectivity index is 1.31. The van der Waals surface area contributed by atoms with Crippen LogP contribution in [0.5, 0.6) is 5.75 Å². The second-order valence-electron chi connectivity index (χ2n) is 9.85. The minimum Gasteiger partial charge on any atom is -0.489 e. The Morgan fingerprint density at radius 3 is 2.50 bits per heavy atom. The largest absolute Gasteiger partial charge is 0.489 e. The summed E-state index contributed by atoms with van der Waals surface area (Å²) in [4.78, 5) is 32.0. The van der Waals surface area contributed by atoms with Gasteiger partial charge in [-0.2, -0.15) is 0 Å². The van der Waals surface area contributed by atoms with Gasteiger partial charge in [0.15, 0.2) is 4.80 Å². The van der Waals surface area contributed by atoms with Gasteiger partial charge in [-0.3, -0.25) is 9.36 Å². The first kappa shape index (κ1) is 27.7. The zero-order valence-corrected chi connectivity index (χ0v) is 24.6. The van der Waals surface area contributed by atoms with E-state index >= 15 is 0 Å². The molecular weight excluding hydrogens is 568 g/mol. The number of ether oxygens (including phenoxy) is 2. The lowest BCUT2D eigenvalue weighted by Crippen LogP contribution is -2.39. The first-order valence-corrected chi connectivity index (χ1v) is 14.8. The van der Waals surface area contributed by atoms with Crippen LogP contribution in [0.2, 0.25) is 5.02 Å². The van der Waals surface area contributed by atoms with Gasteiger partial charge in [0, 0.05) is 5.02 Å². The molecule has 1 atom stereocenters. The third-order valence-corrected chi connectivity index (χ3v) is 8.39. The summed E-state index contributed by atoms with van der Waals surface area (Å²) in [5.41, 5.74) is 3.34. The average Bonchev–Trinajstić information content (AvgIpc) is 3.30. The standard InChI is InChI=1S/C34H27ClN2O4S/c1-3-40-33(39)30-21(2)36-34-37(31(30)24-13-15-26(35)16-14-24)32(38)29(42-34)19-22-11-17-27(18-12-22)41-20-25-9-6-8-23-7-4-5-10-28(23)25/h4-19,31H,3,20H2,1-2H3/b29-19+/t31-/m0/s1. The second-order valence-corrected chi connectivity index (χ2v) is 11.3. The number of halogens is 1. The van der Waals surface area contributed by atoms with Gasteiger partial charge in [0.25, 0.3) is 5.56 Å². The van der Waals surface area contributed by atoms with Crippen LogP contribution in [0.3, 0.4) is 0 Å². The van der Waals surface area contributed by atoms with Crippen molar-refractivity contribution in [1.29, 1.82) is 0 Å². The minimum absolute atomic E-state index is 0.217. The van der Waals surface area contributed by atoms with Gasteiger partial charge in [-0.1, -0.05) is 89.7 Å². The molecule has 6 rings (SSSR count). The molecule has 4 aromatic carbocycles. The molecule has 0 aliphatic carbocycles. The van der Waals surface area contributed by atoms with Gasteiger partial charge in [-0.05, 0) is 71.7 Å². The van der Waals surface area contributed by atoms with E-state index in [2.05, 4.69) is 29.3 Å². The number of benzene rings is 4. The van der Waals surface area contributed by atoms with Crippen molar-refractivity contribution in [1.82, 2.24) is 4.57 Å². The molecule has 0 amide bonds. The Morgan fingerprint density at radius 1 is 1.00 bits per heavy atom. The van der Waals surface area contributed by atoms with Gasteiger partial charge >= 0.3 is 5.97 Å². The lowest BCUT2D eigenvalue weighted by atomic mass is 9.96. The predicted molar refractivity (Wildman–Crippen MR) is 167 cm³/mol. The van der Waals surface area contributed by atoms with Crippen LogP contribution in [-0.4, -0.2) is 17.1 Å². The molecule has 0 bridgehead atoms. The number of hydrogen-bond acceptors (Lipinski definition) is 6. The molecule has 5 aromatic rings. The van der Waals surface area contributed by atoms with Gasteiger partial charge in [0.05, 0.1) is 28.5 Å². The number of carbonyl (C=O) groups is 1. The van der Waals surface area contributed by atoms with Crippen molar-refractivity contribution in [3.05, 3.63) is 144 Å². The Labute approximate surface area is 251 Å². The van der Waals surface area contributed by atoms with Crippen LogP contribution in [0.4, 0.5) is 0 Å². The first-order chi connectivity index (χ1) is 20.4. The third-order valence-electron chi connectivity index (χ3n) is 7.15. The highest BCUT2D eigenvalue weighted by Crippen LogP contribution is 2.31. The van der Waals surface area contributed by atoms with E-state index in [-0.39, 0.29) is 12.2 Å². The Bertz CT molecular complexity index is 2000. The van der Waals surface area contributed by atoms with E-state index in [0.29, 0.717) is 32.2 Å². The van der Waals surface area contributed by atoms with Crippen LogP contribution in [0, 0.1) is 0 Å². The topological polar surface area (TPSA) is 69.9 Å². The van der Waals surface area contributed by atoms with E-state index in [4.69, 9.17) is 21.1 Å². The van der Waals surface area contributed by atoms with Crippen molar-refractivity contribution >= 4 is 45.8 Å². The van der Waals surface area contributed by atoms with E-state index in [1.165, 1.54) is 22.1 Å². The highest BCUT2D eigenvalue weighted by Gasteiger charge is 2.33. The highest BCUT2D eigenvalue weighted by molar-refractivity contribution is 7.07. The summed E-state index contributed by atoms with van der Waals surface area (Å²) in [5.74, 6) is 0.242. The van der Waals surface area contributed by atoms with Gasteiger partial charge in [0.2, 0.25) is 0 Å². The summed E-state index contributed by atoms with van der Waals surface area (Å²) in [6.07, 6.45) is 1.83. The zero-order valence-electron chi connectivity index (χ0n) is 23.0. The fourth-order valence-corrected chi connectivity index (χ4v) is 6.32. The molecule has 2 heterocycles. The molecule has 0 radical (unpaired) electrons. The van der Waals surface area contributed by atoms with E-state index in [1.54, 1.807) is 30.5 Å². The molecule has 0 fully saturated rings. The molecule has 0 saturated carbocycles. The van der Waals surface area contributed by atoms with E-state index in [9.17, 15) is 9.59 Å². The second kappa shape index (κ2) is 11.8. The fraction of sp³-hybridized carbons (Fsp3) is 0.147. The smallest absolute Gasteiger partial charge is 0.338 e. The number of thiazole rings is 1. The van der Waals surface area contributed by atoms with Gasteiger partial charge in [-0.25, -0.2) is 9.79 Å². The number of aromatic nitrogens is 1. The normalized spacial score (nSPS) is 14.9. The Kier molecular flexibility index (Phi) is 7.78. The zero-order chi connectivity index (χ0) is 29.2. The van der Waals surface area contributed by atoms with Gasteiger partial charge < -0.3 is 9.47 Å². The lowest BCUT2D eigenvalue weighted by molar-refractivity contribution is -0.139. The highest BCUT2D eigenvalue weighted by atomic mass is 35.5. The van der Waals surface area contributed by atoms with Crippen LogP contribution in [-0.2, 0) is 16.1 Å². The number of fused-ring (bicyclic) bond motifs is 2. The van der Waals surface area contributed by atoms with Crippen molar-refractivity contribution in [2.24, 2.45) is 4.99 Å². The van der Waals surface area contributed by atoms with Crippen molar-refractivity contribution in [2.45, 2.75) is 26.5 Å². The van der Waals surface area contributed by atoms with Crippen molar-refractivity contribution in [3.63, 3.8) is 0 Å². The third kappa shape index (κ3) is 5.41. The summed E-state index contributed by atoms with van der Waals surface area (Å²) in [6, 6.07) is 28.5. The molecule has 42 heavy (non-hydrogen) atoms.